The average molecular weight is 348 g/mol. The Morgan fingerprint density at radius 2 is 2.05 bits per heavy atom. The SMILES string of the molecule is COCC(N)C(=O)Nc1ccc(Cn2cncn2)cc1.Cl.Cl. The summed E-state index contributed by atoms with van der Waals surface area (Å²) in [5.41, 5.74) is 7.40. The van der Waals surface area contributed by atoms with E-state index in [1.807, 2.05) is 24.3 Å². The Morgan fingerprint density at radius 3 is 2.59 bits per heavy atom. The van der Waals surface area contributed by atoms with Crippen LogP contribution in [0.15, 0.2) is 36.9 Å². The Morgan fingerprint density at radius 1 is 1.36 bits per heavy atom. The van der Waals surface area contributed by atoms with Crippen LogP contribution < -0.4 is 11.1 Å². The summed E-state index contributed by atoms with van der Waals surface area (Å²) in [6, 6.07) is 6.81. The molecule has 1 amide bonds. The molecular formula is C13H19Cl2N5O2. The number of rotatable bonds is 6. The number of methoxy groups -OCH3 is 1. The van der Waals surface area contributed by atoms with Crippen molar-refractivity contribution in [3.05, 3.63) is 42.5 Å². The Balaban J connectivity index is 0.00000220. The number of anilines is 1. The number of benzene rings is 1. The van der Waals surface area contributed by atoms with E-state index < -0.39 is 6.04 Å². The van der Waals surface area contributed by atoms with Crippen LogP contribution in [0.25, 0.3) is 0 Å². The van der Waals surface area contributed by atoms with E-state index in [0.29, 0.717) is 12.2 Å². The number of aromatic nitrogens is 3. The molecule has 22 heavy (non-hydrogen) atoms. The first kappa shape index (κ1) is 20.3. The van der Waals surface area contributed by atoms with E-state index in [1.165, 1.54) is 13.4 Å². The number of hydrogen-bond acceptors (Lipinski definition) is 5. The summed E-state index contributed by atoms with van der Waals surface area (Å²) in [6.07, 6.45) is 3.14. The largest absolute Gasteiger partial charge is 0.383 e. The number of nitrogens with one attached hydrogen (secondary N) is 1. The van der Waals surface area contributed by atoms with Crippen molar-refractivity contribution in [1.29, 1.82) is 0 Å². The number of carbonyl (C=O) groups is 1. The van der Waals surface area contributed by atoms with E-state index in [2.05, 4.69) is 15.4 Å². The van der Waals surface area contributed by atoms with Gasteiger partial charge in [0, 0.05) is 12.8 Å². The van der Waals surface area contributed by atoms with Gasteiger partial charge in [0.2, 0.25) is 5.91 Å². The van der Waals surface area contributed by atoms with E-state index in [-0.39, 0.29) is 37.3 Å². The van der Waals surface area contributed by atoms with Crippen molar-refractivity contribution in [2.45, 2.75) is 12.6 Å². The number of nitrogens with two attached hydrogens (primary N) is 1. The number of halogens is 2. The summed E-state index contributed by atoms with van der Waals surface area (Å²) in [6.45, 7) is 0.827. The fourth-order valence-electron chi connectivity index (χ4n) is 1.69. The molecule has 0 aliphatic carbocycles. The summed E-state index contributed by atoms with van der Waals surface area (Å²) in [7, 11) is 1.51. The first-order valence-corrected chi connectivity index (χ1v) is 6.16. The molecule has 3 N–H and O–H groups in total. The van der Waals surface area contributed by atoms with Gasteiger partial charge in [0.15, 0.2) is 0 Å². The molecule has 1 atom stereocenters. The van der Waals surface area contributed by atoms with Crippen LogP contribution in [-0.2, 0) is 16.1 Å². The Kier molecular flexibility index (Phi) is 9.35. The molecule has 9 heteroatoms. The first-order chi connectivity index (χ1) is 9.69. The fourth-order valence-corrected chi connectivity index (χ4v) is 1.69. The molecule has 0 spiro atoms. The topological polar surface area (TPSA) is 95.1 Å². The molecule has 1 heterocycles. The highest BCUT2D eigenvalue weighted by molar-refractivity contribution is 5.94. The molecule has 0 fully saturated rings. The zero-order valence-electron chi connectivity index (χ0n) is 12.0. The van der Waals surface area contributed by atoms with Crippen molar-refractivity contribution in [2.24, 2.45) is 5.73 Å². The second kappa shape index (κ2) is 10.1. The van der Waals surface area contributed by atoms with Gasteiger partial charge in [0.25, 0.3) is 0 Å². The third-order valence-electron chi connectivity index (χ3n) is 2.72. The van der Waals surface area contributed by atoms with Crippen LogP contribution in [0.3, 0.4) is 0 Å². The van der Waals surface area contributed by atoms with Crippen molar-refractivity contribution in [1.82, 2.24) is 14.8 Å². The maximum Gasteiger partial charge on any atom is 0.243 e. The molecule has 0 radical (unpaired) electrons. The first-order valence-electron chi connectivity index (χ1n) is 6.16. The third-order valence-corrected chi connectivity index (χ3v) is 2.72. The molecule has 122 valence electrons. The van der Waals surface area contributed by atoms with Crippen LogP contribution in [-0.4, -0.2) is 40.4 Å². The smallest absolute Gasteiger partial charge is 0.243 e. The van der Waals surface area contributed by atoms with Gasteiger partial charge in [-0.15, -0.1) is 24.8 Å². The summed E-state index contributed by atoms with van der Waals surface area (Å²) < 4.78 is 6.56. The van der Waals surface area contributed by atoms with Gasteiger partial charge in [-0.3, -0.25) is 4.79 Å². The van der Waals surface area contributed by atoms with Gasteiger partial charge in [0.05, 0.1) is 13.2 Å². The summed E-state index contributed by atoms with van der Waals surface area (Å²) >= 11 is 0. The lowest BCUT2D eigenvalue weighted by molar-refractivity contribution is -0.118. The summed E-state index contributed by atoms with van der Waals surface area (Å²) in [5, 5.41) is 6.77. The fraction of sp³-hybridized carbons (Fsp3) is 0.308. The lowest BCUT2D eigenvalue weighted by atomic mass is 10.2. The average Bonchev–Trinajstić information content (AvgIpc) is 2.94. The van der Waals surface area contributed by atoms with Crippen molar-refractivity contribution in [3.63, 3.8) is 0 Å². The molecular weight excluding hydrogens is 329 g/mol. The standard InChI is InChI=1S/C13H17N5O2.2ClH/c1-20-7-12(14)13(19)17-11-4-2-10(3-5-11)6-18-9-15-8-16-18;;/h2-5,8-9,12H,6-7,14H2,1H3,(H,17,19);2*1H. The molecule has 2 aromatic rings. The monoisotopic (exact) mass is 347 g/mol. The highest BCUT2D eigenvalue weighted by Crippen LogP contribution is 2.10. The lowest BCUT2D eigenvalue weighted by Crippen LogP contribution is -2.39. The number of ether oxygens (including phenoxy) is 1. The minimum absolute atomic E-state index is 0. The summed E-state index contributed by atoms with van der Waals surface area (Å²) in [5.74, 6) is -0.268. The molecule has 7 nitrogen and oxygen atoms in total. The van der Waals surface area contributed by atoms with E-state index >= 15 is 0 Å². The normalized spacial score (nSPS) is 11.0. The highest BCUT2D eigenvalue weighted by Gasteiger charge is 2.12. The molecule has 0 aliphatic rings. The van der Waals surface area contributed by atoms with Gasteiger partial charge in [-0.1, -0.05) is 12.1 Å². The van der Waals surface area contributed by atoms with E-state index in [1.54, 1.807) is 11.0 Å². The molecule has 1 unspecified atom stereocenters. The molecule has 2 rings (SSSR count). The molecule has 0 saturated heterocycles. The van der Waals surface area contributed by atoms with Crippen LogP contribution in [0, 0.1) is 0 Å². The second-order valence-electron chi connectivity index (χ2n) is 4.34. The van der Waals surface area contributed by atoms with Gasteiger partial charge in [-0.2, -0.15) is 5.10 Å². The Labute approximate surface area is 141 Å². The summed E-state index contributed by atoms with van der Waals surface area (Å²) in [4.78, 5) is 15.6. The Hall–Kier alpha value is -1.67. The molecule has 0 saturated carbocycles. The molecule has 0 bridgehead atoms. The number of amides is 1. The number of nitrogens with zero attached hydrogens (tertiary/aromatic N) is 3. The minimum Gasteiger partial charge on any atom is -0.383 e. The zero-order chi connectivity index (χ0) is 14.4. The van der Waals surface area contributed by atoms with Crippen molar-refractivity contribution < 1.29 is 9.53 Å². The van der Waals surface area contributed by atoms with Crippen molar-refractivity contribution in [2.75, 3.05) is 19.0 Å². The maximum atomic E-state index is 11.7. The van der Waals surface area contributed by atoms with Crippen molar-refractivity contribution >= 4 is 36.4 Å². The van der Waals surface area contributed by atoms with E-state index in [0.717, 1.165) is 5.56 Å². The number of hydrogen-bond donors (Lipinski definition) is 2. The van der Waals surface area contributed by atoms with Gasteiger partial charge >= 0.3 is 0 Å². The minimum atomic E-state index is -0.671. The second-order valence-corrected chi connectivity index (χ2v) is 4.34. The van der Waals surface area contributed by atoms with Gasteiger partial charge in [0.1, 0.15) is 18.7 Å². The van der Waals surface area contributed by atoms with Gasteiger partial charge in [-0.25, -0.2) is 9.67 Å². The van der Waals surface area contributed by atoms with Gasteiger partial charge in [-0.05, 0) is 17.7 Å². The van der Waals surface area contributed by atoms with Crippen LogP contribution in [0.1, 0.15) is 5.56 Å². The lowest BCUT2D eigenvalue weighted by Gasteiger charge is -2.11. The van der Waals surface area contributed by atoms with Crippen molar-refractivity contribution in [3.8, 4) is 0 Å². The van der Waals surface area contributed by atoms with E-state index in [4.69, 9.17) is 10.5 Å². The maximum absolute atomic E-state index is 11.7. The highest BCUT2D eigenvalue weighted by atomic mass is 35.5. The molecule has 1 aromatic heterocycles. The predicted molar refractivity (Wildman–Crippen MR) is 88.5 cm³/mol. The van der Waals surface area contributed by atoms with E-state index in [9.17, 15) is 4.79 Å². The molecule has 1 aromatic carbocycles. The van der Waals surface area contributed by atoms with Crippen LogP contribution in [0.4, 0.5) is 5.69 Å². The Bertz CT molecular complexity index is 548. The number of carbonyl (C=O) groups excluding carboxylic acids is 1. The molecule has 0 aliphatic heterocycles. The quantitative estimate of drug-likeness (QED) is 0.815. The zero-order valence-corrected chi connectivity index (χ0v) is 13.6. The van der Waals surface area contributed by atoms with Gasteiger partial charge < -0.3 is 15.8 Å². The predicted octanol–water partition coefficient (Wildman–Crippen LogP) is 1.08. The van der Waals surface area contributed by atoms with Crippen LogP contribution in [0.2, 0.25) is 0 Å². The third kappa shape index (κ3) is 5.98. The van der Waals surface area contributed by atoms with Crippen LogP contribution >= 0.6 is 24.8 Å². The van der Waals surface area contributed by atoms with Crippen LogP contribution in [0.5, 0.6) is 0 Å².